The Hall–Kier alpha value is -3.35. The first-order valence-corrected chi connectivity index (χ1v) is 11.7. The van der Waals surface area contributed by atoms with Gasteiger partial charge in [0.2, 0.25) is 5.91 Å². The Morgan fingerprint density at radius 1 is 1.24 bits per heavy atom. The molecule has 0 unspecified atom stereocenters. The van der Waals surface area contributed by atoms with E-state index < -0.39 is 0 Å². The molecule has 170 valence electrons. The molecule has 0 atom stereocenters. The summed E-state index contributed by atoms with van der Waals surface area (Å²) < 4.78 is 9.12. The number of thioether (sulfide) groups is 1. The van der Waals surface area contributed by atoms with Gasteiger partial charge in [-0.05, 0) is 50.5 Å². The van der Waals surface area contributed by atoms with Gasteiger partial charge >= 0.3 is 0 Å². The molecular formula is C24H26N6O2S. The van der Waals surface area contributed by atoms with Gasteiger partial charge in [0.05, 0.1) is 16.8 Å². The van der Waals surface area contributed by atoms with E-state index in [-0.39, 0.29) is 11.7 Å². The molecule has 3 heterocycles. The maximum atomic E-state index is 12.9. The highest BCUT2D eigenvalue weighted by molar-refractivity contribution is 7.99. The van der Waals surface area contributed by atoms with Crippen LogP contribution in [0.1, 0.15) is 28.8 Å². The predicted octanol–water partition coefficient (Wildman–Crippen LogP) is 4.25. The number of hydrogen-bond acceptors (Lipinski definition) is 6. The van der Waals surface area contributed by atoms with Gasteiger partial charge < -0.3 is 14.6 Å². The van der Waals surface area contributed by atoms with E-state index in [0.29, 0.717) is 29.7 Å². The number of amides is 1. The van der Waals surface area contributed by atoms with Crippen molar-refractivity contribution in [3.63, 3.8) is 0 Å². The number of benzene rings is 1. The Balaban J connectivity index is 1.56. The molecule has 33 heavy (non-hydrogen) atoms. The van der Waals surface area contributed by atoms with Crippen LogP contribution in [0, 0.1) is 32.1 Å². The average molecular weight is 463 g/mol. The number of nitrogens with zero attached hydrogens (tertiary/aromatic N) is 5. The van der Waals surface area contributed by atoms with E-state index in [4.69, 9.17) is 4.74 Å². The van der Waals surface area contributed by atoms with Crippen LogP contribution in [0.3, 0.4) is 0 Å². The molecule has 0 saturated heterocycles. The zero-order valence-corrected chi connectivity index (χ0v) is 20.0. The summed E-state index contributed by atoms with van der Waals surface area (Å²) in [6.45, 7) is 7.18. The number of carbonyl (C=O) groups is 1. The van der Waals surface area contributed by atoms with Crippen LogP contribution in [0.2, 0.25) is 0 Å². The van der Waals surface area contributed by atoms with Crippen molar-refractivity contribution in [2.45, 2.75) is 38.9 Å². The van der Waals surface area contributed by atoms with Crippen molar-refractivity contribution in [1.82, 2.24) is 19.2 Å². The monoisotopic (exact) mass is 462 g/mol. The number of rotatable bonds is 8. The molecule has 1 N–H and O–H groups in total. The van der Waals surface area contributed by atoms with Crippen LogP contribution in [0.5, 0.6) is 0 Å². The van der Waals surface area contributed by atoms with Gasteiger partial charge in [0.1, 0.15) is 11.9 Å². The maximum absolute atomic E-state index is 12.9. The predicted molar refractivity (Wildman–Crippen MR) is 130 cm³/mol. The second-order valence-corrected chi connectivity index (χ2v) is 8.84. The standard InChI is InChI=1S/C24H26N6O2S/c1-15-12-21-27-28-24(30(21)20-9-6-5-8-18(15)20)33-14-22(31)26-23-19(13-25)16(2)17(3)29(23)10-7-11-32-4/h5-6,8-9,12H,7,10-11,14H2,1-4H3,(H,26,31). The van der Waals surface area contributed by atoms with E-state index in [9.17, 15) is 10.1 Å². The summed E-state index contributed by atoms with van der Waals surface area (Å²) in [4.78, 5) is 12.9. The Labute approximate surface area is 196 Å². The Kier molecular flexibility index (Phi) is 6.67. The minimum atomic E-state index is -0.199. The van der Waals surface area contributed by atoms with Gasteiger partial charge in [-0.1, -0.05) is 30.0 Å². The number of methoxy groups -OCH3 is 1. The lowest BCUT2D eigenvalue weighted by Crippen LogP contribution is -2.19. The van der Waals surface area contributed by atoms with Crippen LogP contribution in [0.25, 0.3) is 16.6 Å². The Morgan fingerprint density at radius 2 is 2.03 bits per heavy atom. The lowest BCUT2D eigenvalue weighted by Gasteiger charge is -2.13. The van der Waals surface area contributed by atoms with Gasteiger partial charge in [-0.2, -0.15) is 5.26 Å². The number of aromatic nitrogens is 4. The normalized spacial score (nSPS) is 11.2. The highest BCUT2D eigenvalue weighted by Crippen LogP contribution is 2.28. The average Bonchev–Trinajstić information content (AvgIpc) is 3.32. The molecular weight excluding hydrogens is 436 g/mol. The number of para-hydroxylation sites is 1. The number of fused-ring (bicyclic) bond motifs is 3. The lowest BCUT2D eigenvalue weighted by molar-refractivity contribution is -0.113. The topological polar surface area (TPSA) is 97.2 Å². The number of aryl methyl sites for hydroxylation is 1. The third-order valence-corrected chi connectivity index (χ3v) is 6.76. The summed E-state index contributed by atoms with van der Waals surface area (Å²) in [6, 6.07) is 12.3. The Morgan fingerprint density at radius 3 is 2.79 bits per heavy atom. The number of ether oxygens (including phenoxy) is 1. The van der Waals surface area contributed by atoms with Gasteiger partial charge in [0, 0.05) is 31.3 Å². The number of nitriles is 1. The van der Waals surface area contributed by atoms with Crippen molar-refractivity contribution >= 4 is 40.0 Å². The zero-order valence-electron chi connectivity index (χ0n) is 19.2. The van der Waals surface area contributed by atoms with Crippen LogP contribution < -0.4 is 5.32 Å². The smallest absolute Gasteiger partial charge is 0.235 e. The van der Waals surface area contributed by atoms with E-state index in [1.807, 2.05) is 47.1 Å². The van der Waals surface area contributed by atoms with E-state index in [0.717, 1.165) is 39.8 Å². The highest BCUT2D eigenvalue weighted by Gasteiger charge is 2.20. The SMILES string of the molecule is COCCCn1c(C)c(C)c(C#N)c1NC(=O)CSc1nnc2cc(C)c3ccccc3n12. The molecule has 0 radical (unpaired) electrons. The first-order chi connectivity index (χ1) is 16.0. The van der Waals surface area contributed by atoms with Crippen molar-refractivity contribution < 1.29 is 9.53 Å². The molecule has 1 aromatic carbocycles. The number of hydrogen-bond donors (Lipinski definition) is 1. The van der Waals surface area contributed by atoms with Crippen molar-refractivity contribution in [2.24, 2.45) is 0 Å². The molecule has 9 heteroatoms. The number of pyridine rings is 1. The van der Waals surface area contributed by atoms with Crippen LogP contribution >= 0.6 is 11.8 Å². The molecule has 8 nitrogen and oxygen atoms in total. The lowest BCUT2D eigenvalue weighted by atomic mass is 10.1. The second kappa shape index (κ2) is 9.65. The molecule has 0 aliphatic rings. The third-order valence-electron chi connectivity index (χ3n) is 5.84. The summed E-state index contributed by atoms with van der Waals surface area (Å²) in [5.41, 5.74) is 5.23. The zero-order chi connectivity index (χ0) is 23.5. The van der Waals surface area contributed by atoms with Crippen molar-refractivity contribution in [2.75, 3.05) is 24.8 Å². The minimum absolute atomic E-state index is 0.148. The number of nitrogens with one attached hydrogen (secondary N) is 1. The number of anilines is 1. The van der Waals surface area contributed by atoms with Gasteiger partial charge in [0.15, 0.2) is 10.8 Å². The quantitative estimate of drug-likeness (QED) is 0.311. The van der Waals surface area contributed by atoms with Crippen LogP contribution in [-0.2, 0) is 16.1 Å². The van der Waals surface area contributed by atoms with Gasteiger partial charge in [-0.25, -0.2) is 0 Å². The summed E-state index contributed by atoms with van der Waals surface area (Å²) in [5.74, 6) is 0.492. The van der Waals surface area contributed by atoms with Gasteiger partial charge in [-0.15, -0.1) is 10.2 Å². The molecule has 4 aromatic rings. The molecule has 0 spiro atoms. The van der Waals surface area contributed by atoms with Crippen molar-refractivity contribution in [3.05, 3.63) is 52.7 Å². The fourth-order valence-corrected chi connectivity index (χ4v) is 4.80. The number of carbonyl (C=O) groups excluding carboxylic acids is 1. The summed E-state index contributed by atoms with van der Waals surface area (Å²) in [5, 5.41) is 23.0. The fourth-order valence-electron chi connectivity index (χ4n) is 4.04. The molecule has 4 rings (SSSR count). The van der Waals surface area contributed by atoms with E-state index in [1.54, 1.807) is 7.11 Å². The van der Waals surface area contributed by atoms with Crippen LogP contribution in [0.15, 0.2) is 35.5 Å². The minimum Gasteiger partial charge on any atom is -0.385 e. The largest absolute Gasteiger partial charge is 0.385 e. The van der Waals surface area contributed by atoms with E-state index in [2.05, 4.69) is 34.6 Å². The summed E-state index contributed by atoms with van der Waals surface area (Å²) >= 11 is 1.32. The van der Waals surface area contributed by atoms with E-state index in [1.165, 1.54) is 11.8 Å². The third kappa shape index (κ3) is 4.32. The maximum Gasteiger partial charge on any atom is 0.235 e. The molecule has 0 aliphatic heterocycles. The van der Waals surface area contributed by atoms with Gasteiger partial charge in [0.25, 0.3) is 0 Å². The molecule has 1 amide bonds. The van der Waals surface area contributed by atoms with Crippen LogP contribution in [0.4, 0.5) is 5.82 Å². The van der Waals surface area contributed by atoms with Crippen molar-refractivity contribution in [1.29, 1.82) is 5.26 Å². The van der Waals surface area contributed by atoms with Gasteiger partial charge in [-0.3, -0.25) is 9.20 Å². The van der Waals surface area contributed by atoms with E-state index >= 15 is 0 Å². The molecule has 0 aliphatic carbocycles. The first kappa shape index (κ1) is 22.8. The Bertz CT molecular complexity index is 1380. The molecule has 3 aromatic heterocycles. The van der Waals surface area contributed by atoms with Crippen molar-refractivity contribution in [3.8, 4) is 6.07 Å². The van der Waals surface area contributed by atoms with Crippen LogP contribution in [-0.4, -0.2) is 44.5 Å². The molecule has 0 bridgehead atoms. The highest BCUT2D eigenvalue weighted by atomic mass is 32.2. The summed E-state index contributed by atoms with van der Waals surface area (Å²) in [6.07, 6.45) is 0.784. The molecule has 0 saturated carbocycles. The summed E-state index contributed by atoms with van der Waals surface area (Å²) in [7, 11) is 1.66. The fraction of sp³-hybridized carbons (Fsp3) is 0.333. The first-order valence-electron chi connectivity index (χ1n) is 10.7. The second-order valence-electron chi connectivity index (χ2n) is 7.90. The molecule has 0 fully saturated rings.